The molecule has 2 heterocycles. The molecule has 92 valence electrons. The van der Waals surface area contributed by atoms with Crippen LogP contribution < -0.4 is 0 Å². The Kier molecular flexibility index (Phi) is 2.71. The second-order valence-electron chi connectivity index (χ2n) is 3.98. The summed E-state index contributed by atoms with van der Waals surface area (Å²) in [5.41, 5.74) is 1.25. The van der Waals surface area contributed by atoms with E-state index in [-0.39, 0.29) is 5.82 Å². The predicted molar refractivity (Wildman–Crippen MR) is 69.3 cm³/mol. The molecule has 0 amide bonds. The fraction of sp³-hybridized carbons (Fsp3) is 0.167. The van der Waals surface area contributed by atoms with Gasteiger partial charge in [-0.05, 0) is 30.4 Å². The molecule has 0 aliphatic carbocycles. The highest BCUT2D eigenvalue weighted by atomic mass is 32.1. The Bertz CT molecular complexity index is 726. The molecule has 0 bridgehead atoms. The number of H-pyrrole nitrogens is 1. The van der Waals surface area contributed by atoms with E-state index in [4.69, 9.17) is 12.2 Å². The topological polar surface area (TPSA) is 38.5 Å². The zero-order valence-corrected chi connectivity index (χ0v) is 10.3. The Hall–Kier alpha value is -1.95. The summed E-state index contributed by atoms with van der Waals surface area (Å²) in [6, 6.07) is 6.83. The number of fused-ring (bicyclic) bond motifs is 1. The van der Waals surface area contributed by atoms with Gasteiger partial charge in [-0.2, -0.15) is 5.10 Å². The monoisotopic (exact) mass is 262 g/mol. The lowest BCUT2D eigenvalue weighted by atomic mass is 10.3. The molecule has 0 aliphatic heterocycles. The van der Waals surface area contributed by atoms with Crippen LogP contribution in [0.15, 0.2) is 36.7 Å². The highest BCUT2D eigenvalue weighted by Crippen LogP contribution is 2.17. The van der Waals surface area contributed by atoms with E-state index in [9.17, 15) is 4.39 Å². The Morgan fingerprint density at radius 1 is 1.28 bits per heavy atom. The smallest absolute Gasteiger partial charge is 0.178 e. The first-order valence-electron chi connectivity index (χ1n) is 5.60. The van der Waals surface area contributed by atoms with Gasteiger partial charge in [-0.3, -0.25) is 4.68 Å². The van der Waals surface area contributed by atoms with Crippen molar-refractivity contribution in [2.24, 2.45) is 0 Å². The summed E-state index contributed by atoms with van der Waals surface area (Å²) in [5, 5.41) is 4.13. The van der Waals surface area contributed by atoms with Gasteiger partial charge in [0.25, 0.3) is 0 Å². The fourth-order valence-electron chi connectivity index (χ4n) is 2.00. The minimum atomic E-state index is -0.281. The molecule has 6 heteroatoms. The highest BCUT2D eigenvalue weighted by molar-refractivity contribution is 7.71. The lowest BCUT2D eigenvalue weighted by molar-refractivity contribution is 0.538. The van der Waals surface area contributed by atoms with E-state index in [0.717, 1.165) is 5.52 Å². The van der Waals surface area contributed by atoms with Gasteiger partial charge in [-0.15, -0.1) is 0 Å². The third kappa shape index (κ3) is 1.84. The summed E-state index contributed by atoms with van der Waals surface area (Å²) in [6.07, 6.45) is 3.62. The number of nitrogens with zero attached hydrogens (tertiary/aromatic N) is 3. The van der Waals surface area contributed by atoms with Gasteiger partial charge in [-0.1, -0.05) is 6.07 Å². The molecule has 0 spiro atoms. The second kappa shape index (κ2) is 4.38. The van der Waals surface area contributed by atoms with Gasteiger partial charge in [0.2, 0.25) is 0 Å². The first-order valence-corrected chi connectivity index (χ1v) is 6.01. The number of benzene rings is 1. The zero-order valence-electron chi connectivity index (χ0n) is 9.51. The van der Waals surface area contributed by atoms with Crippen molar-refractivity contribution < 1.29 is 4.39 Å². The second-order valence-corrected chi connectivity index (χ2v) is 4.37. The van der Waals surface area contributed by atoms with Crippen LogP contribution in [0.25, 0.3) is 11.0 Å². The highest BCUT2D eigenvalue weighted by Gasteiger charge is 2.07. The Balaban J connectivity index is 1.99. The number of hydrogen-bond donors (Lipinski definition) is 1. The third-order valence-electron chi connectivity index (χ3n) is 2.87. The van der Waals surface area contributed by atoms with Crippen molar-refractivity contribution in [3.8, 4) is 0 Å². The number of imidazole rings is 1. The Morgan fingerprint density at radius 3 is 2.94 bits per heavy atom. The minimum absolute atomic E-state index is 0.281. The van der Waals surface area contributed by atoms with Crippen molar-refractivity contribution in [1.82, 2.24) is 19.3 Å². The number of para-hydroxylation sites is 1. The number of hydrogen-bond acceptors (Lipinski definition) is 2. The molecule has 1 aromatic carbocycles. The van der Waals surface area contributed by atoms with E-state index < -0.39 is 0 Å². The quantitative estimate of drug-likeness (QED) is 0.737. The maximum atomic E-state index is 13.6. The van der Waals surface area contributed by atoms with E-state index in [1.54, 1.807) is 12.3 Å². The average Bonchev–Trinajstić information content (AvgIpc) is 2.95. The van der Waals surface area contributed by atoms with E-state index in [0.29, 0.717) is 23.4 Å². The van der Waals surface area contributed by atoms with Gasteiger partial charge >= 0.3 is 0 Å². The van der Waals surface area contributed by atoms with Gasteiger partial charge in [0.15, 0.2) is 4.77 Å². The maximum Gasteiger partial charge on any atom is 0.178 e. The van der Waals surface area contributed by atoms with Crippen LogP contribution in [-0.2, 0) is 13.1 Å². The van der Waals surface area contributed by atoms with Crippen LogP contribution in [0.1, 0.15) is 0 Å². The number of nitrogens with one attached hydrogen (secondary N) is 1. The van der Waals surface area contributed by atoms with E-state index >= 15 is 0 Å². The molecular weight excluding hydrogens is 251 g/mol. The van der Waals surface area contributed by atoms with Crippen molar-refractivity contribution in [2.75, 3.05) is 0 Å². The van der Waals surface area contributed by atoms with Crippen LogP contribution in [0.3, 0.4) is 0 Å². The third-order valence-corrected chi connectivity index (χ3v) is 3.19. The van der Waals surface area contributed by atoms with Crippen molar-refractivity contribution in [3.05, 3.63) is 47.2 Å². The fourth-order valence-corrected chi connectivity index (χ4v) is 2.29. The SMILES string of the molecule is Fc1cccc2c1[nH]c(=S)n2CCn1cccn1. The Morgan fingerprint density at radius 2 is 2.17 bits per heavy atom. The first kappa shape index (κ1) is 11.2. The Labute approximate surface area is 108 Å². The molecule has 0 saturated carbocycles. The molecule has 0 unspecified atom stereocenters. The van der Waals surface area contributed by atoms with Crippen LogP contribution in [0, 0.1) is 10.6 Å². The summed E-state index contributed by atoms with van der Waals surface area (Å²) in [4.78, 5) is 2.90. The molecule has 3 aromatic rings. The summed E-state index contributed by atoms with van der Waals surface area (Å²) in [6.45, 7) is 1.36. The molecule has 18 heavy (non-hydrogen) atoms. The largest absolute Gasteiger partial charge is 0.328 e. The van der Waals surface area contributed by atoms with Gasteiger partial charge in [0.1, 0.15) is 11.3 Å². The first-order chi connectivity index (χ1) is 8.75. The van der Waals surface area contributed by atoms with Crippen LogP contribution in [0.4, 0.5) is 4.39 Å². The predicted octanol–water partition coefficient (Wildman–Crippen LogP) is 2.73. The summed E-state index contributed by atoms with van der Waals surface area (Å²) >= 11 is 5.22. The summed E-state index contributed by atoms with van der Waals surface area (Å²) in [7, 11) is 0. The molecule has 2 aromatic heterocycles. The molecule has 0 aliphatic rings. The molecule has 3 rings (SSSR count). The maximum absolute atomic E-state index is 13.6. The van der Waals surface area contributed by atoms with Crippen LogP contribution >= 0.6 is 12.2 Å². The number of aromatic amines is 1. The number of halogens is 1. The van der Waals surface area contributed by atoms with Gasteiger partial charge < -0.3 is 9.55 Å². The van der Waals surface area contributed by atoms with Crippen LogP contribution in [0.2, 0.25) is 0 Å². The lowest BCUT2D eigenvalue weighted by Gasteiger charge is -2.04. The molecule has 0 fully saturated rings. The lowest BCUT2D eigenvalue weighted by Crippen LogP contribution is -2.07. The molecule has 0 atom stereocenters. The van der Waals surface area contributed by atoms with E-state index in [1.807, 2.05) is 27.6 Å². The van der Waals surface area contributed by atoms with Gasteiger partial charge in [-0.25, -0.2) is 4.39 Å². The standard InChI is InChI=1S/C12H11FN4S/c13-9-3-1-4-10-11(9)15-12(18)17(10)8-7-16-6-2-5-14-16/h1-6H,7-8H2,(H,15,18). The van der Waals surface area contributed by atoms with E-state index in [2.05, 4.69) is 10.1 Å². The summed E-state index contributed by atoms with van der Waals surface area (Å²) in [5.74, 6) is -0.281. The van der Waals surface area contributed by atoms with Gasteiger partial charge in [0, 0.05) is 18.9 Å². The number of rotatable bonds is 3. The molecular formula is C12H11FN4S. The number of aryl methyl sites for hydroxylation is 2. The van der Waals surface area contributed by atoms with Crippen LogP contribution in [0.5, 0.6) is 0 Å². The molecule has 1 N–H and O–H groups in total. The van der Waals surface area contributed by atoms with Crippen LogP contribution in [-0.4, -0.2) is 19.3 Å². The molecule has 0 radical (unpaired) electrons. The van der Waals surface area contributed by atoms with Crippen molar-refractivity contribution in [3.63, 3.8) is 0 Å². The molecule has 4 nitrogen and oxygen atoms in total. The van der Waals surface area contributed by atoms with Gasteiger partial charge in [0.05, 0.1) is 12.1 Å². The zero-order chi connectivity index (χ0) is 12.5. The van der Waals surface area contributed by atoms with Crippen molar-refractivity contribution in [2.45, 2.75) is 13.1 Å². The van der Waals surface area contributed by atoms with Crippen molar-refractivity contribution in [1.29, 1.82) is 0 Å². The van der Waals surface area contributed by atoms with Crippen molar-refractivity contribution >= 4 is 23.3 Å². The van der Waals surface area contributed by atoms with E-state index in [1.165, 1.54) is 6.07 Å². The number of aromatic nitrogens is 4. The normalized spacial score (nSPS) is 11.2. The molecule has 0 saturated heterocycles. The minimum Gasteiger partial charge on any atom is -0.328 e. The summed E-state index contributed by atoms with van der Waals surface area (Å²) < 4.78 is 17.8. The average molecular weight is 262 g/mol.